The molecule has 134 valence electrons. The van der Waals surface area contributed by atoms with Gasteiger partial charge in [0.1, 0.15) is 24.4 Å². The largest absolute Gasteiger partial charge is 0.493 e. The molecule has 0 aliphatic carbocycles. The maximum Gasteiger partial charge on any atom is 0.234 e. The Morgan fingerprint density at radius 2 is 1.58 bits per heavy atom. The van der Waals surface area contributed by atoms with Crippen LogP contribution in [0.2, 0.25) is 0 Å². The van der Waals surface area contributed by atoms with Crippen LogP contribution in [-0.2, 0) is 4.79 Å². The van der Waals surface area contributed by atoms with Gasteiger partial charge in [0.2, 0.25) is 11.6 Å². The van der Waals surface area contributed by atoms with Crippen LogP contribution >= 0.6 is 0 Å². The second kappa shape index (κ2) is 8.71. The summed E-state index contributed by atoms with van der Waals surface area (Å²) in [5.74, 6) is -2.02. The molecule has 5 N–H and O–H groups in total. The van der Waals surface area contributed by atoms with Crippen molar-refractivity contribution in [1.29, 1.82) is 0 Å². The molecule has 9 nitrogen and oxygen atoms in total. The summed E-state index contributed by atoms with van der Waals surface area (Å²) in [5.41, 5.74) is -0.124. The Bertz CT molecular complexity index is 586. The van der Waals surface area contributed by atoms with Gasteiger partial charge in [-0.2, -0.15) is 0 Å². The number of rotatable bonds is 9. The Labute approximate surface area is 137 Å². The zero-order valence-electron chi connectivity index (χ0n) is 13.1. The molecule has 24 heavy (non-hydrogen) atoms. The third-order valence-corrected chi connectivity index (χ3v) is 3.39. The fraction of sp³-hybridized carbons (Fsp3) is 0.467. The highest BCUT2D eigenvalue weighted by Gasteiger charge is 2.37. The molecule has 4 atom stereocenters. The molecule has 1 aromatic carbocycles. The average Bonchev–Trinajstić information content (AvgIpc) is 2.63. The number of carbonyl (C=O) groups is 2. The highest BCUT2D eigenvalue weighted by Crippen LogP contribution is 2.28. The van der Waals surface area contributed by atoms with Gasteiger partial charge in [-0.15, -0.1) is 0 Å². The third-order valence-electron chi connectivity index (χ3n) is 3.39. The highest BCUT2D eigenvalue weighted by atomic mass is 16.5. The summed E-state index contributed by atoms with van der Waals surface area (Å²) >= 11 is 0. The highest BCUT2D eigenvalue weighted by molar-refractivity contribution is 6.45. The predicted octanol–water partition coefficient (Wildman–Crippen LogP) is -2.11. The molecule has 0 aliphatic rings. The van der Waals surface area contributed by atoms with E-state index in [1.54, 1.807) is 0 Å². The number of hydrogen-bond donors (Lipinski definition) is 5. The first-order valence-electron chi connectivity index (χ1n) is 6.92. The molecule has 0 aromatic heterocycles. The molecule has 0 saturated carbocycles. The first-order chi connectivity index (χ1) is 11.3. The Morgan fingerprint density at radius 3 is 2.08 bits per heavy atom. The van der Waals surface area contributed by atoms with Crippen LogP contribution in [0.1, 0.15) is 10.4 Å². The van der Waals surface area contributed by atoms with E-state index < -0.39 is 42.6 Å². The van der Waals surface area contributed by atoms with E-state index in [1.165, 1.54) is 32.4 Å². The number of ketones is 2. The van der Waals surface area contributed by atoms with Crippen LogP contribution in [0, 0.1) is 0 Å². The molecule has 0 aliphatic heterocycles. The summed E-state index contributed by atoms with van der Waals surface area (Å²) in [6, 6.07) is 3.86. The second-order valence-electron chi connectivity index (χ2n) is 4.94. The molecule has 0 amide bonds. The smallest absolute Gasteiger partial charge is 0.234 e. The first-order valence-corrected chi connectivity index (χ1v) is 6.92. The monoisotopic (exact) mass is 344 g/mol. The van der Waals surface area contributed by atoms with Gasteiger partial charge in [-0.25, -0.2) is 0 Å². The first kappa shape index (κ1) is 20.0. The molecule has 0 unspecified atom stereocenters. The van der Waals surface area contributed by atoms with Gasteiger partial charge in [-0.05, 0) is 18.2 Å². The van der Waals surface area contributed by atoms with E-state index in [1.807, 2.05) is 0 Å². The standard InChI is InChI=1S/C15H20O9/c1-23-9-4-3-7(5-10(9)24-2)11(18)13(20)15(22)14(21)12(19)8(17)6-16/h3-5,8,12,14-17,19,21-22H,6H2,1-2H3/t8-,12-,14+,15+/m1/s1. The quantitative estimate of drug-likeness (QED) is 0.250. The SMILES string of the molecule is COc1ccc(C(=O)C(=O)[C@H](O)[C@@H](O)[C@H](O)[C@H](O)CO)cc1OC. The van der Waals surface area contributed by atoms with E-state index >= 15 is 0 Å². The van der Waals surface area contributed by atoms with Crippen molar-refractivity contribution >= 4 is 11.6 Å². The Kier molecular flexibility index (Phi) is 7.26. The molecule has 9 heteroatoms. The molecule has 0 radical (unpaired) electrons. The Morgan fingerprint density at radius 1 is 1.00 bits per heavy atom. The summed E-state index contributed by atoms with van der Waals surface area (Å²) in [6.45, 7) is -0.900. The van der Waals surface area contributed by atoms with Crippen molar-refractivity contribution < 1.29 is 44.6 Å². The van der Waals surface area contributed by atoms with Crippen molar-refractivity contribution in [3.8, 4) is 11.5 Å². The molecule has 0 bridgehead atoms. The minimum atomic E-state index is -2.28. The van der Waals surface area contributed by atoms with Crippen LogP contribution < -0.4 is 9.47 Å². The Hall–Kier alpha value is -2.04. The van der Waals surface area contributed by atoms with Gasteiger partial charge in [-0.1, -0.05) is 0 Å². The van der Waals surface area contributed by atoms with Gasteiger partial charge in [0, 0.05) is 5.56 Å². The molecule has 0 saturated heterocycles. The maximum atomic E-state index is 12.1. The van der Waals surface area contributed by atoms with Gasteiger partial charge in [-0.3, -0.25) is 9.59 Å². The van der Waals surface area contributed by atoms with Crippen LogP contribution in [-0.4, -0.2) is 82.3 Å². The zero-order chi connectivity index (χ0) is 18.4. The maximum absolute atomic E-state index is 12.1. The number of benzene rings is 1. The van der Waals surface area contributed by atoms with E-state index in [-0.39, 0.29) is 11.3 Å². The van der Waals surface area contributed by atoms with E-state index in [2.05, 4.69) is 0 Å². The van der Waals surface area contributed by atoms with E-state index in [0.717, 1.165) is 0 Å². The van der Waals surface area contributed by atoms with Gasteiger partial charge in [0.15, 0.2) is 11.5 Å². The van der Waals surface area contributed by atoms with Gasteiger partial charge in [0.25, 0.3) is 0 Å². The van der Waals surface area contributed by atoms with Crippen molar-refractivity contribution in [2.24, 2.45) is 0 Å². The number of hydrogen-bond acceptors (Lipinski definition) is 9. The van der Waals surface area contributed by atoms with E-state index in [9.17, 15) is 30.0 Å². The van der Waals surface area contributed by atoms with Gasteiger partial charge >= 0.3 is 0 Å². The van der Waals surface area contributed by atoms with E-state index in [4.69, 9.17) is 14.6 Å². The minimum Gasteiger partial charge on any atom is -0.493 e. The minimum absolute atomic E-state index is 0.124. The van der Waals surface area contributed by atoms with Crippen molar-refractivity contribution in [1.82, 2.24) is 0 Å². The summed E-state index contributed by atoms with van der Waals surface area (Å²) < 4.78 is 9.99. The molecular formula is C15H20O9. The molecule has 0 heterocycles. The van der Waals surface area contributed by atoms with Crippen LogP contribution in [0.25, 0.3) is 0 Å². The number of methoxy groups -OCH3 is 2. The average molecular weight is 344 g/mol. The third kappa shape index (κ3) is 4.28. The molecule has 1 aromatic rings. The van der Waals surface area contributed by atoms with Crippen molar-refractivity contribution in [2.45, 2.75) is 24.4 Å². The lowest BCUT2D eigenvalue weighted by atomic mass is 9.96. The topological polar surface area (TPSA) is 154 Å². The van der Waals surface area contributed by atoms with Crippen LogP contribution in [0.4, 0.5) is 0 Å². The van der Waals surface area contributed by atoms with Crippen molar-refractivity contribution in [3.63, 3.8) is 0 Å². The normalized spacial score (nSPS) is 16.0. The summed E-state index contributed by atoms with van der Waals surface area (Å²) in [6.07, 6.45) is -8.21. The summed E-state index contributed by atoms with van der Waals surface area (Å²) in [7, 11) is 2.72. The lowest BCUT2D eigenvalue weighted by Crippen LogP contribution is -2.50. The van der Waals surface area contributed by atoms with Crippen LogP contribution in [0.3, 0.4) is 0 Å². The van der Waals surface area contributed by atoms with Crippen LogP contribution in [0.5, 0.6) is 11.5 Å². The second-order valence-corrected chi connectivity index (χ2v) is 4.94. The van der Waals surface area contributed by atoms with Gasteiger partial charge < -0.3 is 35.0 Å². The fourth-order valence-corrected chi connectivity index (χ4v) is 1.93. The Balaban J connectivity index is 2.96. The molecule has 0 fully saturated rings. The lowest BCUT2D eigenvalue weighted by molar-refractivity contribution is -0.142. The predicted molar refractivity (Wildman–Crippen MR) is 80.0 cm³/mol. The molecule has 0 spiro atoms. The number of aliphatic hydroxyl groups is 5. The van der Waals surface area contributed by atoms with Crippen molar-refractivity contribution in [3.05, 3.63) is 23.8 Å². The molecular weight excluding hydrogens is 324 g/mol. The van der Waals surface area contributed by atoms with E-state index in [0.29, 0.717) is 5.75 Å². The number of Topliss-reactive ketones (excluding diaryl/α,β-unsaturated/α-hetero) is 2. The zero-order valence-corrected chi connectivity index (χ0v) is 13.1. The van der Waals surface area contributed by atoms with Crippen molar-refractivity contribution in [2.75, 3.05) is 20.8 Å². The summed E-state index contributed by atoms with van der Waals surface area (Å²) in [4.78, 5) is 24.1. The van der Waals surface area contributed by atoms with Crippen LogP contribution in [0.15, 0.2) is 18.2 Å². The number of aliphatic hydroxyl groups excluding tert-OH is 5. The summed E-state index contributed by atoms with van der Waals surface area (Å²) in [5, 5.41) is 46.8. The number of carbonyl (C=O) groups excluding carboxylic acids is 2. The lowest BCUT2D eigenvalue weighted by Gasteiger charge is -2.24. The van der Waals surface area contributed by atoms with Gasteiger partial charge in [0.05, 0.1) is 20.8 Å². The number of ether oxygens (including phenoxy) is 2. The molecule has 1 rings (SSSR count). The fourth-order valence-electron chi connectivity index (χ4n) is 1.93.